The molecule has 2 nitrogen and oxygen atoms in total. The first-order valence-electron chi connectivity index (χ1n) is 7.57. The van der Waals surface area contributed by atoms with Crippen LogP contribution in [0.25, 0.3) is 0 Å². The van der Waals surface area contributed by atoms with Gasteiger partial charge in [-0.15, -0.1) is 11.3 Å². The first-order valence-corrected chi connectivity index (χ1v) is 8.45. The van der Waals surface area contributed by atoms with E-state index < -0.39 is 0 Å². The number of hydrogen-bond donors (Lipinski definition) is 1. The predicted molar refractivity (Wildman–Crippen MR) is 89.5 cm³/mol. The van der Waals surface area contributed by atoms with Crippen molar-refractivity contribution in [1.82, 2.24) is 5.32 Å². The van der Waals surface area contributed by atoms with Crippen molar-refractivity contribution in [2.24, 2.45) is 0 Å². The van der Waals surface area contributed by atoms with Gasteiger partial charge in [-0.05, 0) is 48.2 Å². The summed E-state index contributed by atoms with van der Waals surface area (Å²) in [6.45, 7) is 10.6. The van der Waals surface area contributed by atoms with Crippen LogP contribution < -0.4 is 10.1 Å². The van der Waals surface area contributed by atoms with E-state index in [1.807, 2.05) is 11.3 Å². The second-order valence-electron chi connectivity index (χ2n) is 6.39. The van der Waals surface area contributed by atoms with E-state index in [0.29, 0.717) is 0 Å². The second-order valence-corrected chi connectivity index (χ2v) is 7.33. The maximum absolute atomic E-state index is 5.81. The minimum Gasteiger partial charge on any atom is -0.492 e. The molecule has 0 amide bonds. The Hall–Kier alpha value is -1.32. The summed E-state index contributed by atoms with van der Waals surface area (Å²) >= 11 is 1.83. The third-order valence-corrected chi connectivity index (χ3v) is 5.31. The van der Waals surface area contributed by atoms with Crippen LogP contribution in [-0.2, 0) is 5.41 Å². The summed E-state index contributed by atoms with van der Waals surface area (Å²) < 4.78 is 5.81. The average Bonchev–Trinajstić information content (AvgIpc) is 3.00. The van der Waals surface area contributed by atoms with Gasteiger partial charge in [-0.3, -0.25) is 0 Å². The van der Waals surface area contributed by atoms with Gasteiger partial charge >= 0.3 is 0 Å². The van der Waals surface area contributed by atoms with Crippen molar-refractivity contribution >= 4 is 11.3 Å². The molecule has 112 valence electrons. The van der Waals surface area contributed by atoms with Crippen molar-refractivity contribution in [3.63, 3.8) is 0 Å². The monoisotopic (exact) mass is 301 g/mol. The molecule has 1 aliphatic rings. The third-order valence-electron chi connectivity index (χ3n) is 4.23. The van der Waals surface area contributed by atoms with Crippen molar-refractivity contribution in [2.45, 2.75) is 39.2 Å². The van der Waals surface area contributed by atoms with Crippen LogP contribution in [0.15, 0.2) is 29.6 Å². The quantitative estimate of drug-likeness (QED) is 0.902. The van der Waals surface area contributed by atoms with E-state index in [-0.39, 0.29) is 11.5 Å². The number of ether oxygens (including phenoxy) is 1. The fourth-order valence-corrected chi connectivity index (χ4v) is 3.99. The van der Waals surface area contributed by atoms with Gasteiger partial charge in [-0.25, -0.2) is 0 Å². The first-order chi connectivity index (χ1) is 10.0. The number of hydrogen-bond acceptors (Lipinski definition) is 3. The van der Waals surface area contributed by atoms with Gasteiger partial charge in [0.05, 0.1) is 12.6 Å². The summed E-state index contributed by atoms with van der Waals surface area (Å²) in [5, 5.41) is 5.81. The highest BCUT2D eigenvalue weighted by Crippen LogP contribution is 2.41. The largest absolute Gasteiger partial charge is 0.492 e. The molecule has 0 saturated carbocycles. The number of benzene rings is 1. The lowest BCUT2D eigenvalue weighted by molar-refractivity contribution is 0.291. The topological polar surface area (TPSA) is 21.3 Å². The van der Waals surface area contributed by atoms with Gasteiger partial charge in [-0.1, -0.05) is 26.8 Å². The summed E-state index contributed by atoms with van der Waals surface area (Å²) in [6.07, 6.45) is 0. The molecule has 1 aliphatic heterocycles. The van der Waals surface area contributed by atoms with Crippen LogP contribution in [0.1, 0.15) is 48.4 Å². The van der Waals surface area contributed by atoms with Crippen molar-refractivity contribution in [3.05, 3.63) is 51.2 Å². The SMILES string of the molecule is CCNC(c1ccc2c(c1)C(C)(C)CO2)c1sccc1C. The molecule has 2 aromatic rings. The van der Waals surface area contributed by atoms with E-state index in [1.54, 1.807) is 0 Å². The Morgan fingerprint density at radius 1 is 1.33 bits per heavy atom. The summed E-state index contributed by atoms with van der Waals surface area (Å²) in [4.78, 5) is 1.41. The highest BCUT2D eigenvalue weighted by molar-refractivity contribution is 7.10. The molecule has 0 fully saturated rings. The highest BCUT2D eigenvalue weighted by atomic mass is 32.1. The van der Waals surface area contributed by atoms with Crippen LogP contribution in [0.3, 0.4) is 0 Å². The number of nitrogens with one attached hydrogen (secondary N) is 1. The number of aryl methyl sites for hydroxylation is 1. The van der Waals surface area contributed by atoms with E-state index in [9.17, 15) is 0 Å². The molecule has 0 spiro atoms. The van der Waals surface area contributed by atoms with E-state index in [0.717, 1.165) is 18.9 Å². The molecule has 1 aromatic carbocycles. The molecule has 3 rings (SSSR count). The van der Waals surface area contributed by atoms with Gasteiger partial charge in [0.2, 0.25) is 0 Å². The number of rotatable bonds is 4. The normalized spacial score (nSPS) is 17.3. The van der Waals surface area contributed by atoms with Crippen molar-refractivity contribution in [2.75, 3.05) is 13.2 Å². The smallest absolute Gasteiger partial charge is 0.123 e. The molecule has 1 atom stereocenters. The van der Waals surface area contributed by atoms with Crippen LogP contribution in [0, 0.1) is 6.92 Å². The molecule has 0 saturated heterocycles. The van der Waals surface area contributed by atoms with Crippen LogP contribution in [0.5, 0.6) is 5.75 Å². The molecule has 0 radical (unpaired) electrons. The maximum atomic E-state index is 5.81. The molecular formula is C18H23NOS. The zero-order valence-electron chi connectivity index (χ0n) is 13.2. The van der Waals surface area contributed by atoms with Gasteiger partial charge in [0.15, 0.2) is 0 Å². The first kappa shape index (κ1) is 14.6. The molecule has 2 heterocycles. The lowest BCUT2D eigenvalue weighted by Crippen LogP contribution is -2.23. The highest BCUT2D eigenvalue weighted by Gasteiger charge is 2.32. The molecule has 0 bridgehead atoms. The van der Waals surface area contributed by atoms with Gasteiger partial charge in [0.1, 0.15) is 5.75 Å². The van der Waals surface area contributed by atoms with E-state index in [1.165, 1.54) is 21.6 Å². The van der Waals surface area contributed by atoms with Crippen LogP contribution in [0.2, 0.25) is 0 Å². The number of thiophene rings is 1. The fourth-order valence-electron chi connectivity index (χ4n) is 2.96. The summed E-state index contributed by atoms with van der Waals surface area (Å²) in [5.41, 5.74) is 4.13. The van der Waals surface area contributed by atoms with Crippen LogP contribution >= 0.6 is 11.3 Å². The summed E-state index contributed by atoms with van der Waals surface area (Å²) in [5.74, 6) is 1.04. The average molecular weight is 301 g/mol. The Balaban J connectivity index is 2.04. The second kappa shape index (κ2) is 5.47. The molecule has 1 N–H and O–H groups in total. The van der Waals surface area contributed by atoms with Crippen molar-refractivity contribution < 1.29 is 4.74 Å². The Labute approximate surface area is 131 Å². The summed E-state index contributed by atoms with van der Waals surface area (Å²) in [6, 6.07) is 9.13. The van der Waals surface area contributed by atoms with E-state index >= 15 is 0 Å². The fraction of sp³-hybridized carbons (Fsp3) is 0.444. The molecule has 3 heteroatoms. The van der Waals surface area contributed by atoms with Crippen LogP contribution in [0.4, 0.5) is 0 Å². The zero-order valence-corrected chi connectivity index (χ0v) is 14.0. The predicted octanol–water partition coefficient (Wildman–Crippen LogP) is 4.43. The molecule has 1 aromatic heterocycles. The molecule has 0 aliphatic carbocycles. The number of fused-ring (bicyclic) bond motifs is 1. The Morgan fingerprint density at radius 3 is 2.81 bits per heavy atom. The van der Waals surface area contributed by atoms with Crippen LogP contribution in [-0.4, -0.2) is 13.2 Å². The van der Waals surface area contributed by atoms with E-state index in [4.69, 9.17) is 4.74 Å². The summed E-state index contributed by atoms with van der Waals surface area (Å²) in [7, 11) is 0. The Kier molecular flexibility index (Phi) is 3.80. The van der Waals surface area contributed by atoms with E-state index in [2.05, 4.69) is 62.7 Å². The maximum Gasteiger partial charge on any atom is 0.123 e. The molecular weight excluding hydrogens is 278 g/mol. The Morgan fingerprint density at radius 2 is 2.14 bits per heavy atom. The van der Waals surface area contributed by atoms with Gasteiger partial charge < -0.3 is 10.1 Å². The van der Waals surface area contributed by atoms with Gasteiger partial charge in [0, 0.05) is 15.9 Å². The lowest BCUT2D eigenvalue weighted by Gasteiger charge is -2.21. The minimum absolute atomic E-state index is 0.104. The zero-order chi connectivity index (χ0) is 15.0. The minimum atomic E-state index is 0.104. The lowest BCUT2D eigenvalue weighted by atomic mass is 9.85. The standard InChI is InChI=1S/C18H23NOS/c1-5-19-16(17-12(2)8-9-21-17)13-6-7-15-14(10-13)18(3,4)11-20-15/h6-10,16,19H,5,11H2,1-4H3. The molecule has 1 unspecified atom stereocenters. The van der Waals surface area contributed by atoms with Gasteiger partial charge in [-0.2, -0.15) is 0 Å². The third kappa shape index (κ3) is 2.60. The Bertz CT molecular complexity index is 644. The van der Waals surface area contributed by atoms with Crippen molar-refractivity contribution in [1.29, 1.82) is 0 Å². The van der Waals surface area contributed by atoms with Crippen molar-refractivity contribution in [3.8, 4) is 5.75 Å². The van der Waals surface area contributed by atoms with Gasteiger partial charge in [0.25, 0.3) is 0 Å². The molecule has 21 heavy (non-hydrogen) atoms.